The molecule has 4 nitrogen and oxygen atoms in total. The van der Waals surface area contributed by atoms with Crippen molar-refractivity contribution in [2.24, 2.45) is 0 Å². The van der Waals surface area contributed by atoms with Crippen LogP contribution in [0.5, 0.6) is 0 Å². The summed E-state index contributed by atoms with van der Waals surface area (Å²) in [6.07, 6.45) is 4.11. The largest absolute Gasteiger partial charge is 0.351 e. The highest BCUT2D eigenvalue weighted by Crippen LogP contribution is 2.25. The summed E-state index contributed by atoms with van der Waals surface area (Å²) in [6, 6.07) is 5.40. The fraction of sp³-hybridized carbons (Fsp3) is 0.467. The lowest BCUT2D eigenvalue weighted by Gasteiger charge is -2.21. The molecule has 0 aromatic heterocycles. The Hall–Kier alpha value is -1.49. The summed E-state index contributed by atoms with van der Waals surface area (Å²) < 4.78 is 0. The summed E-state index contributed by atoms with van der Waals surface area (Å²) in [6.45, 7) is 0.734. The van der Waals surface area contributed by atoms with Crippen molar-refractivity contribution in [2.75, 3.05) is 17.6 Å². The zero-order valence-corrected chi connectivity index (χ0v) is 12.1. The molecule has 20 heavy (non-hydrogen) atoms. The number of hydrogen-bond acceptors (Lipinski definition) is 3. The zero-order chi connectivity index (χ0) is 13.9. The van der Waals surface area contributed by atoms with Gasteiger partial charge in [0.2, 0.25) is 5.91 Å². The van der Waals surface area contributed by atoms with Crippen LogP contribution < -0.4 is 10.6 Å². The van der Waals surface area contributed by atoms with Crippen LogP contribution in [0.2, 0.25) is 0 Å². The summed E-state index contributed by atoms with van der Waals surface area (Å²) in [5.74, 6) is 1.15. The molecule has 106 valence electrons. The monoisotopic (exact) mass is 290 g/mol. The van der Waals surface area contributed by atoms with Crippen molar-refractivity contribution in [1.29, 1.82) is 0 Å². The molecule has 0 aliphatic carbocycles. The van der Waals surface area contributed by atoms with Crippen molar-refractivity contribution in [2.45, 2.75) is 30.9 Å². The first-order valence-electron chi connectivity index (χ1n) is 7.05. The summed E-state index contributed by atoms with van der Waals surface area (Å²) in [5.41, 5.74) is 2.38. The molecule has 2 amide bonds. The maximum absolute atomic E-state index is 12.1. The Morgan fingerprint density at radius 1 is 1.40 bits per heavy atom. The van der Waals surface area contributed by atoms with Gasteiger partial charge in [-0.15, -0.1) is 0 Å². The van der Waals surface area contributed by atoms with E-state index < -0.39 is 0 Å². The molecule has 2 aliphatic heterocycles. The van der Waals surface area contributed by atoms with E-state index >= 15 is 0 Å². The number of nitrogens with one attached hydrogen (secondary N) is 2. The van der Waals surface area contributed by atoms with Crippen molar-refractivity contribution in [1.82, 2.24) is 5.32 Å². The van der Waals surface area contributed by atoms with E-state index in [2.05, 4.69) is 10.6 Å². The van der Waals surface area contributed by atoms with Gasteiger partial charge in [-0.05, 0) is 42.4 Å². The summed E-state index contributed by atoms with van der Waals surface area (Å²) in [7, 11) is 0. The van der Waals surface area contributed by atoms with Crippen molar-refractivity contribution in [3.63, 3.8) is 0 Å². The predicted octanol–water partition coefficient (Wildman–Crippen LogP) is 2.20. The number of benzene rings is 1. The molecule has 1 atom stereocenters. The predicted molar refractivity (Wildman–Crippen MR) is 81.2 cm³/mol. The maximum Gasteiger partial charge on any atom is 0.251 e. The second-order valence-electron chi connectivity index (χ2n) is 5.30. The number of carbonyl (C=O) groups is 2. The van der Waals surface area contributed by atoms with Crippen LogP contribution in [0.15, 0.2) is 18.2 Å². The van der Waals surface area contributed by atoms with Gasteiger partial charge in [-0.2, -0.15) is 11.8 Å². The second kappa shape index (κ2) is 5.87. The topological polar surface area (TPSA) is 58.2 Å². The average molecular weight is 290 g/mol. The molecular formula is C15H18N2O2S. The first-order chi connectivity index (χ1) is 9.72. The Kier molecular flexibility index (Phi) is 3.96. The minimum atomic E-state index is -0.0432. The number of carbonyl (C=O) groups excluding carboxylic acids is 2. The van der Waals surface area contributed by atoms with E-state index in [4.69, 9.17) is 0 Å². The van der Waals surface area contributed by atoms with Crippen molar-refractivity contribution < 1.29 is 9.59 Å². The number of hydrogen-bond donors (Lipinski definition) is 2. The normalized spacial score (nSPS) is 21.2. The number of fused-ring (bicyclic) bond motifs is 1. The van der Waals surface area contributed by atoms with E-state index in [1.54, 1.807) is 6.07 Å². The van der Waals surface area contributed by atoms with Gasteiger partial charge in [0.1, 0.15) is 0 Å². The Balaban J connectivity index is 1.60. The van der Waals surface area contributed by atoms with E-state index in [-0.39, 0.29) is 11.8 Å². The second-order valence-corrected chi connectivity index (χ2v) is 6.70. The van der Waals surface area contributed by atoms with E-state index in [0.717, 1.165) is 17.8 Å². The van der Waals surface area contributed by atoms with Crippen molar-refractivity contribution in [3.8, 4) is 0 Å². The van der Waals surface area contributed by atoms with Crippen LogP contribution in [0.25, 0.3) is 0 Å². The molecule has 0 spiro atoms. The molecule has 1 unspecified atom stereocenters. The number of rotatable bonds is 3. The quantitative estimate of drug-likeness (QED) is 0.897. The first-order valence-corrected chi connectivity index (χ1v) is 8.10. The van der Waals surface area contributed by atoms with E-state index in [1.165, 1.54) is 25.0 Å². The van der Waals surface area contributed by atoms with Gasteiger partial charge >= 0.3 is 0 Å². The lowest BCUT2D eigenvalue weighted by Crippen LogP contribution is -2.31. The Morgan fingerprint density at radius 2 is 2.30 bits per heavy atom. The van der Waals surface area contributed by atoms with E-state index in [1.807, 2.05) is 23.9 Å². The Morgan fingerprint density at radius 3 is 3.10 bits per heavy atom. The lowest BCUT2D eigenvalue weighted by atomic mass is 10.1. The molecule has 1 fully saturated rings. The minimum Gasteiger partial charge on any atom is -0.351 e. The van der Waals surface area contributed by atoms with E-state index in [0.29, 0.717) is 17.2 Å². The fourth-order valence-electron chi connectivity index (χ4n) is 2.65. The molecule has 2 aliphatic rings. The molecule has 3 rings (SSSR count). The van der Waals surface area contributed by atoms with Gasteiger partial charge in [0.15, 0.2) is 0 Å². The van der Waals surface area contributed by atoms with Gasteiger partial charge in [0.05, 0.1) is 6.42 Å². The molecule has 2 N–H and O–H groups in total. The standard InChI is InChI=1S/C15H18N2O2S/c18-14-8-11-7-10(4-5-13(11)17-14)15(19)16-9-12-3-1-2-6-20-12/h4-5,7,12H,1-3,6,8-9H2,(H,16,19)(H,17,18). The molecule has 1 aromatic rings. The SMILES string of the molecule is O=C1Cc2cc(C(=O)NCC3CCCCS3)ccc2N1. The van der Waals surface area contributed by atoms with Crippen LogP contribution in [0.1, 0.15) is 35.2 Å². The van der Waals surface area contributed by atoms with Gasteiger partial charge in [0, 0.05) is 23.0 Å². The van der Waals surface area contributed by atoms with E-state index in [9.17, 15) is 9.59 Å². The fourth-order valence-corrected chi connectivity index (χ4v) is 3.89. The van der Waals surface area contributed by atoms with Gasteiger partial charge < -0.3 is 10.6 Å². The molecule has 1 aromatic carbocycles. The third-order valence-electron chi connectivity index (χ3n) is 3.76. The van der Waals surface area contributed by atoms with Gasteiger partial charge in [-0.1, -0.05) is 6.42 Å². The van der Waals surface area contributed by atoms with Crippen LogP contribution in [0, 0.1) is 0 Å². The zero-order valence-electron chi connectivity index (χ0n) is 11.3. The van der Waals surface area contributed by atoms with Gasteiger partial charge in [-0.25, -0.2) is 0 Å². The highest BCUT2D eigenvalue weighted by atomic mass is 32.2. The third-order valence-corrected chi connectivity index (χ3v) is 5.15. The summed E-state index contributed by atoms with van der Waals surface area (Å²) in [5, 5.41) is 6.33. The average Bonchev–Trinajstić information content (AvgIpc) is 2.85. The first kappa shape index (κ1) is 13.5. The number of thioether (sulfide) groups is 1. The third kappa shape index (κ3) is 2.98. The molecule has 2 heterocycles. The smallest absolute Gasteiger partial charge is 0.251 e. The highest BCUT2D eigenvalue weighted by Gasteiger charge is 2.20. The minimum absolute atomic E-state index is 0.00355. The number of amides is 2. The maximum atomic E-state index is 12.1. The van der Waals surface area contributed by atoms with Crippen LogP contribution in [0.3, 0.4) is 0 Å². The summed E-state index contributed by atoms with van der Waals surface area (Å²) in [4.78, 5) is 23.4. The lowest BCUT2D eigenvalue weighted by molar-refractivity contribution is -0.115. The molecular weight excluding hydrogens is 272 g/mol. The summed E-state index contributed by atoms with van der Waals surface area (Å²) >= 11 is 1.95. The molecule has 5 heteroatoms. The van der Waals surface area contributed by atoms with Crippen molar-refractivity contribution in [3.05, 3.63) is 29.3 Å². The van der Waals surface area contributed by atoms with Crippen LogP contribution in [-0.4, -0.2) is 29.4 Å². The molecule has 0 bridgehead atoms. The molecule has 1 saturated heterocycles. The van der Waals surface area contributed by atoms with Gasteiger partial charge in [0.25, 0.3) is 5.91 Å². The van der Waals surface area contributed by atoms with Crippen LogP contribution in [0.4, 0.5) is 5.69 Å². The highest BCUT2D eigenvalue weighted by molar-refractivity contribution is 7.99. The molecule has 0 radical (unpaired) electrons. The van der Waals surface area contributed by atoms with Crippen LogP contribution in [-0.2, 0) is 11.2 Å². The van der Waals surface area contributed by atoms with Crippen molar-refractivity contribution >= 4 is 29.3 Å². The molecule has 0 saturated carbocycles. The Bertz CT molecular complexity index is 539. The van der Waals surface area contributed by atoms with Crippen LogP contribution >= 0.6 is 11.8 Å². The van der Waals surface area contributed by atoms with Gasteiger partial charge in [-0.3, -0.25) is 9.59 Å². The Labute approximate surface area is 122 Å². The number of anilines is 1.